The van der Waals surface area contributed by atoms with Crippen LogP contribution >= 0.6 is 0 Å². The second-order valence-electron chi connectivity index (χ2n) is 3.42. The van der Waals surface area contributed by atoms with Gasteiger partial charge in [0, 0.05) is 29.6 Å². The number of nitrogens with two attached hydrogens (primary N) is 1. The standard InChI is InChI=1S/C11H10FN3O/c1-7-9(12)5-8(6-10(7)13)15-11(16)3-2-4-14-15/h2-6H,13H2,1H3. The summed E-state index contributed by atoms with van der Waals surface area (Å²) in [6, 6.07) is 5.63. The Hall–Kier alpha value is -2.17. The highest BCUT2D eigenvalue weighted by atomic mass is 19.1. The van der Waals surface area contributed by atoms with Gasteiger partial charge in [-0.3, -0.25) is 4.79 Å². The van der Waals surface area contributed by atoms with Gasteiger partial charge in [0.05, 0.1) is 5.69 Å². The van der Waals surface area contributed by atoms with Gasteiger partial charge in [0.15, 0.2) is 0 Å². The first-order chi connectivity index (χ1) is 7.59. The Labute approximate surface area is 91.1 Å². The van der Waals surface area contributed by atoms with Crippen LogP contribution in [0.3, 0.4) is 0 Å². The van der Waals surface area contributed by atoms with Gasteiger partial charge in [-0.15, -0.1) is 0 Å². The Kier molecular flexibility index (Phi) is 2.44. The molecule has 0 saturated heterocycles. The molecule has 0 aliphatic heterocycles. The molecule has 4 nitrogen and oxygen atoms in total. The number of anilines is 1. The minimum Gasteiger partial charge on any atom is -0.398 e. The van der Waals surface area contributed by atoms with Gasteiger partial charge in [-0.05, 0) is 19.1 Å². The number of nitrogen functional groups attached to an aromatic ring is 1. The van der Waals surface area contributed by atoms with E-state index in [1.165, 1.54) is 30.5 Å². The van der Waals surface area contributed by atoms with Crippen molar-refractivity contribution in [3.05, 3.63) is 52.2 Å². The van der Waals surface area contributed by atoms with E-state index in [-0.39, 0.29) is 5.56 Å². The van der Waals surface area contributed by atoms with Gasteiger partial charge in [-0.2, -0.15) is 9.78 Å². The highest BCUT2D eigenvalue weighted by molar-refractivity contribution is 5.53. The lowest BCUT2D eigenvalue weighted by molar-refractivity contribution is 0.616. The minimum atomic E-state index is -0.451. The van der Waals surface area contributed by atoms with Crippen LogP contribution in [-0.4, -0.2) is 9.78 Å². The van der Waals surface area contributed by atoms with Crippen LogP contribution in [0, 0.1) is 12.7 Å². The summed E-state index contributed by atoms with van der Waals surface area (Å²) in [6.45, 7) is 1.58. The Morgan fingerprint density at radius 1 is 1.44 bits per heavy atom. The largest absolute Gasteiger partial charge is 0.398 e. The van der Waals surface area contributed by atoms with Crippen molar-refractivity contribution in [2.75, 3.05) is 5.73 Å². The molecule has 16 heavy (non-hydrogen) atoms. The number of benzene rings is 1. The Morgan fingerprint density at radius 3 is 2.81 bits per heavy atom. The van der Waals surface area contributed by atoms with Crippen LogP contribution < -0.4 is 11.3 Å². The summed E-state index contributed by atoms with van der Waals surface area (Å²) in [6.07, 6.45) is 1.45. The lowest BCUT2D eigenvalue weighted by atomic mass is 10.1. The number of hydrogen-bond acceptors (Lipinski definition) is 3. The van der Waals surface area contributed by atoms with Gasteiger partial charge in [0.1, 0.15) is 5.82 Å². The van der Waals surface area contributed by atoms with E-state index < -0.39 is 5.82 Å². The quantitative estimate of drug-likeness (QED) is 0.734. The third-order valence-corrected chi connectivity index (χ3v) is 2.33. The van der Waals surface area contributed by atoms with Crippen LogP contribution in [0.15, 0.2) is 35.3 Å². The average molecular weight is 219 g/mol. The molecule has 0 aliphatic rings. The Morgan fingerprint density at radius 2 is 2.19 bits per heavy atom. The number of nitrogens with zero attached hydrogens (tertiary/aromatic N) is 2. The van der Waals surface area contributed by atoms with Crippen molar-refractivity contribution in [1.29, 1.82) is 0 Å². The fourth-order valence-corrected chi connectivity index (χ4v) is 1.36. The van der Waals surface area contributed by atoms with E-state index >= 15 is 0 Å². The van der Waals surface area contributed by atoms with E-state index in [0.717, 1.165) is 4.68 Å². The van der Waals surface area contributed by atoms with E-state index in [1.54, 1.807) is 6.92 Å². The predicted molar refractivity (Wildman–Crippen MR) is 58.9 cm³/mol. The molecule has 0 fully saturated rings. The van der Waals surface area contributed by atoms with E-state index in [4.69, 9.17) is 5.73 Å². The van der Waals surface area contributed by atoms with Crippen molar-refractivity contribution in [3.8, 4) is 5.69 Å². The van der Waals surface area contributed by atoms with Crippen molar-refractivity contribution in [3.63, 3.8) is 0 Å². The molecule has 82 valence electrons. The molecule has 5 heteroatoms. The smallest absolute Gasteiger partial charge is 0.271 e. The normalized spacial score (nSPS) is 10.4. The van der Waals surface area contributed by atoms with Crippen molar-refractivity contribution in [2.45, 2.75) is 6.92 Å². The highest BCUT2D eigenvalue weighted by Gasteiger charge is 2.07. The Bertz CT molecular complexity index is 569. The van der Waals surface area contributed by atoms with Crippen LogP contribution in [-0.2, 0) is 0 Å². The summed E-state index contributed by atoms with van der Waals surface area (Å²) in [7, 11) is 0. The monoisotopic (exact) mass is 219 g/mol. The fraction of sp³-hybridized carbons (Fsp3) is 0.0909. The molecule has 0 spiro atoms. The maximum Gasteiger partial charge on any atom is 0.271 e. The maximum absolute atomic E-state index is 13.4. The van der Waals surface area contributed by atoms with Gasteiger partial charge >= 0.3 is 0 Å². The van der Waals surface area contributed by atoms with Crippen molar-refractivity contribution in [1.82, 2.24) is 9.78 Å². The van der Waals surface area contributed by atoms with Gasteiger partial charge in [0.2, 0.25) is 0 Å². The van der Waals surface area contributed by atoms with E-state index in [9.17, 15) is 9.18 Å². The number of aromatic nitrogens is 2. The molecule has 2 N–H and O–H groups in total. The molecule has 1 heterocycles. The molecule has 1 aromatic carbocycles. The van der Waals surface area contributed by atoms with Crippen LogP contribution in [0.4, 0.5) is 10.1 Å². The highest BCUT2D eigenvalue weighted by Crippen LogP contribution is 2.18. The lowest BCUT2D eigenvalue weighted by Gasteiger charge is -2.07. The van der Waals surface area contributed by atoms with Crippen LogP contribution in [0.25, 0.3) is 5.69 Å². The third-order valence-electron chi connectivity index (χ3n) is 2.33. The van der Waals surface area contributed by atoms with E-state index in [1.807, 2.05) is 0 Å². The Balaban J connectivity index is 2.67. The first-order valence-electron chi connectivity index (χ1n) is 4.70. The van der Waals surface area contributed by atoms with Gasteiger partial charge in [0.25, 0.3) is 5.56 Å². The second-order valence-corrected chi connectivity index (χ2v) is 3.42. The second kappa shape index (κ2) is 3.77. The van der Waals surface area contributed by atoms with Gasteiger partial charge < -0.3 is 5.73 Å². The zero-order valence-electron chi connectivity index (χ0n) is 8.64. The third kappa shape index (κ3) is 1.67. The van der Waals surface area contributed by atoms with Gasteiger partial charge in [-0.25, -0.2) is 4.39 Å². The molecular weight excluding hydrogens is 209 g/mol. The van der Waals surface area contributed by atoms with E-state index in [2.05, 4.69) is 5.10 Å². The summed E-state index contributed by atoms with van der Waals surface area (Å²) in [4.78, 5) is 11.5. The average Bonchev–Trinajstić information content (AvgIpc) is 2.26. The summed E-state index contributed by atoms with van der Waals surface area (Å²) in [5.74, 6) is -0.451. The first-order valence-corrected chi connectivity index (χ1v) is 4.70. The van der Waals surface area contributed by atoms with Crippen LogP contribution in [0.1, 0.15) is 5.56 Å². The fourth-order valence-electron chi connectivity index (χ4n) is 1.36. The molecule has 0 radical (unpaired) electrons. The SMILES string of the molecule is Cc1c(N)cc(-n2ncccc2=O)cc1F. The maximum atomic E-state index is 13.4. The summed E-state index contributed by atoms with van der Waals surface area (Å²) < 4.78 is 14.5. The molecule has 0 saturated carbocycles. The molecule has 0 aliphatic carbocycles. The van der Waals surface area contributed by atoms with Crippen molar-refractivity contribution in [2.24, 2.45) is 0 Å². The van der Waals surface area contributed by atoms with Crippen LogP contribution in [0.2, 0.25) is 0 Å². The summed E-state index contributed by atoms with van der Waals surface area (Å²) in [5.41, 5.74) is 6.29. The molecule has 0 amide bonds. The molecular formula is C11H10FN3O. The summed E-state index contributed by atoms with van der Waals surface area (Å²) >= 11 is 0. The minimum absolute atomic E-state index is 0.299. The van der Waals surface area contributed by atoms with E-state index in [0.29, 0.717) is 16.9 Å². The van der Waals surface area contributed by atoms with Crippen molar-refractivity contribution >= 4 is 5.69 Å². The van der Waals surface area contributed by atoms with Gasteiger partial charge in [-0.1, -0.05) is 0 Å². The zero-order chi connectivity index (χ0) is 11.7. The molecule has 0 atom stereocenters. The molecule has 2 aromatic rings. The number of hydrogen-bond donors (Lipinski definition) is 1. The first kappa shape index (κ1) is 10.4. The predicted octanol–water partition coefficient (Wildman–Crippen LogP) is 1.26. The zero-order valence-corrected chi connectivity index (χ0v) is 8.64. The molecule has 2 rings (SSSR count). The molecule has 0 unspecified atom stereocenters. The lowest BCUT2D eigenvalue weighted by Crippen LogP contribution is -2.19. The summed E-state index contributed by atoms with van der Waals surface area (Å²) in [5, 5.41) is 3.84. The van der Waals surface area contributed by atoms with Crippen molar-refractivity contribution < 1.29 is 4.39 Å². The number of rotatable bonds is 1. The number of halogens is 1. The molecule has 1 aromatic heterocycles. The van der Waals surface area contributed by atoms with Crippen LogP contribution in [0.5, 0.6) is 0 Å². The topological polar surface area (TPSA) is 60.9 Å². The molecule has 0 bridgehead atoms.